The lowest BCUT2D eigenvalue weighted by Gasteiger charge is -2.10. The quantitative estimate of drug-likeness (QED) is 0.526. The summed E-state index contributed by atoms with van der Waals surface area (Å²) in [5.41, 5.74) is 0.0547. The van der Waals surface area contributed by atoms with E-state index < -0.39 is 21.5 Å². The lowest BCUT2D eigenvalue weighted by Crippen LogP contribution is -2.33. The molecule has 0 spiro atoms. The zero-order chi connectivity index (χ0) is 20.4. The Balaban J connectivity index is 1.52. The molecule has 4 rings (SSSR count). The second-order valence-electron chi connectivity index (χ2n) is 6.27. The molecule has 0 atom stereocenters. The van der Waals surface area contributed by atoms with Gasteiger partial charge in [-0.3, -0.25) is 14.6 Å². The number of hydrogen-bond acceptors (Lipinski definition) is 7. The first kappa shape index (κ1) is 18.7. The van der Waals surface area contributed by atoms with Gasteiger partial charge in [0.05, 0.1) is 16.8 Å². The summed E-state index contributed by atoms with van der Waals surface area (Å²) in [6.07, 6.45) is 2.77. The zero-order valence-electron chi connectivity index (χ0n) is 15.0. The van der Waals surface area contributed by atoms with Gasteiger partial charge in [-0.15, -0.1) is 5.10 Å². The van der Waals surface area contributed by atoms with Gasteiger partial charge < -0.3 is 0 Å². The number of aromatic nitrogens is 4. The highest BCUT2D eigenvalue weighted by atomic mass is 32.2. The van der Waals surface area contributed by atoms with Gasteiger partial charge in [-0.1, -0.05) is 29.5 Å². The second-order valence-corrected chi connectivity index (χ2v) is 7.92. The number of nitrogens with zero attached hydrogens (tertiary/aromatic N) is 4. The van der Waals surface area contributed by atoms with E-state index in [2.05, 4.69) is 15.3 Å². The minimum atomic E-state index is -4.09. The van der Waals surface area contributed by atoms with E-state index in [1.807, 2.05) is 4.72 Å². The van der Waals surface area contributed by atoms with Crippen molar-refractivity contribution in [3.8, 4) is 0 Å². The third-order valence-corrected chi connectivity index (χ3v) is 5.79. The Hall–Kier alpha value is -3.66. The number of sulfonamides is 1. The summed E-state index contributed by atoms with van der Waals surface area (Å²) < 4.78 is 28.4. The highest BCUT2D eigenvalue weighted by Crippen LogP contribution is 2.21. The molecule has 146 valence electrons. The zero-order valence-corrected chi connectivity index (χ0v) is 15.8. The standard InChI is InChI=1S/C19H15N5O4S/c25-18(9-11-24-19(26)15-5-1-2-6-16(15)21-23-24)22-29(27,28)17-7-3-4-13-12-20-10-8-14(13)17/h1-8,10,12H,9,11H2,(H,22,25). The van der Waals surface area contributed by atoms with Crippen LogP contribution in [0.15, 0.2) is 70.6 Å². The van der Waals surface area contributed by atoms with Crippen LogP contribution in [0.3, 0.4) is 0 Å². The SMILES string of the molecule is O=C(CCn1nnc2ccccc2c1=O)NS(=O)(=O)c1cccc2cnccc12. The fraction of sp³-hybridized carbons (Fsp3) is 0.105. The van der Waals surface area contributed by atoms with Crippen LogP contribution in [0.4, 0.5) is 0 Å². The molecule has 0 saturated carbocycles. The van der Waals surface area contributed by atoms with E-state index in [0.717, 1.165) is 4.68 Å². The van der Waals surface area contributed by atoms with Crippen molar-refractivity contribution in [1.82, 2.24) is 24.7 Å². The molecule has 2 aromatic carbocycles. The summed E-state index contributed by atoms with van der Waals surface area (Å²) in [6.45, 7) is -0.0997. The van der Waals surface area contributed by atoms with Crippen LogP contribution in [-0.2, 0) is 21.4 Å². The number of rotatable bonds is 5. The topological polar surface area (TPSA) is 124 Å². The number of benzene rings is 2. The fourth-order valence-corrected chi connectivity index (χ4v) is 4.21. The average Bonchev–Trinajstić information content (AvgIpc) is 2.72. The molecule has 9 nitrogen and oxygen atoms in total. The third-order valence-electron chi connectivity index (χ3n) is 4.36. The minimum Gasteiger partial charge on any atom is -0.274 e. The van der Waals surface area contributed by atoms with E-state index in [1.165, 1.54) is 12.3 Å². The van der Waals surface area contributed by atoms with Gasteiger partial charge in [-0.25, -0.2) is 17.8 Å². The Morgan fingerprint density at radius 1 is 1.03 bits per heavy atom. The Labute approximate surface area is 165 Å². The van der Waals surface area contributed by atoms with Crippen molar-refractivity contribution in [2.75, 3.05) is 0 Å². The molecule has 0 fully saturated rings. The molecule has 1 N–H and O–H groups in total. The van der Waals surface area contributed by atoms with Crippen LogP contribution >= 0.6 is 0 Å². The molecule has 29 heavy (non-hydrogen) atoms. The number of fused-ring (bicyclic) bond motifs is 2. The molecule has 0 aliphatic heterocycles. The molecule has 0 bridgehead atoms. The lowest BCUT2D eigenvalue weighted by atomic mass is 10.2. The smallest absolute Gasteiger partial charge is 0.274 e. The van der Waals surface area contributed by atoms with E-state index in [9.17, 15) is 18.0 Å². The molecule has 0 unspecified atom stereocenters. The maximum absolute atomic E-state index is 12.7. The Bertz CT molecular complexity index is 1390. The van der Waals surface area contributed by atoms with Gasteiger partial charge in [0.15, 0.2) is 0 Å². The molecule has 0 saturated heterocycles. The van der Waals surface area contributed by atoms with E-state index in [1.54, 1.807) is 48.7 Å². The fourth-order valence-electron chi connectivity index (χ4n) is 2.96. The normalized spacial score (nSPS) is 11.6. The molecule has 1 amide bonds. The van der Waals surface area contributed by atoms with Crippen molar-refractivity contribution >= 4 is 37.6 Å². The van der Waals surface area contributed by atoms with E-state index >= 15 is 0 Å². The molecule has 4 aromatic rings. The number of pyridine rings is 1. The van der Waals surface area contributed by atoms with Crippen molar-refractivity contribution in [3.05, 3.63) is 71.3 Å². The minimum absolute atomic E-state index is 0.0200. The summed E-state index contributed by atoms with van der Waals surface area (Å²) in [5.74, 6) is -0.752. The highest BCUT2D eigenvalue weighted by molar-refractivity contribution is 7.90. The van der Waals surface area contributed by atoms with Crippen molar-refractivity contribution in [2.45, 2.75) is 17.9 Å². The maximum Gasteiger partial charge on any atom is 0.277 e. The number of hydrogen-bond donors (Lipinski definition) is 1. The molecular weight excluding hydrogens is 394 g/mol. The first-order valence-corrected chi connectivity index (χ1v) is 10.1. The van der Waals surface area contributed by atoms with E-state index in [0.29, 0.717) is 21.7 Å². The van der Waals surface area contributed by atoms with Crippen LogP contribution in [0.1, 0.15) is 6.42 Å². The van der Waals surface area contributed by atoms with Crippen molar-refractivity contribution in [3.63, 3.8) is 0 Å². The lowest BCUT2D eigenvalue weighted by molar-refractivity contribution is -0.119. The third kappa shape index (κ3) is 3.69. The largest absolute Gasteiger partial charge is 0.277 e. The summed E-state index contributed by atoms with van der Waals surface area (Å²) >= 11 is 0. The summed E-state index contributed by atoms with van der Waals surface area (Å²) in [6, 6.07) is 13.0. The number of nitrogens with one attached hydrogen (secondary N) is 1. The van der Waals surface area contributed by atoms with Crippen LogP contribution in [0.5, 0.6) is 0 Å². The van der Waals surface area contributed by atoms with Gasteiger partial charge in [0.25, 0.3) is 15.6 Å². The van der Waals surface area contributed by atoms with Gasteiger partial charge in [-0.2, -0.15) is 0 Å². The van der Waals surface area contributed by atoms with Crippen molar-refractivity contribution in [1.29, 1.82) is 0 Å². The Morgan fingerprint density at radius 3 is 2.72 bits per heavy atom. The van der Waals surface area contributed by atoms with Crippen molar-refractivity contribution < 1.29 is 13.2 Å². The summed E-state index contributed by atoms with van der Waals surface area (Å²) in [5, 5.41) is 9.20. The van der Waals surface area contributed by atoms with E-state index in [-0.39, 0.29) is 17.9 Å². The predicted octanol–water partition coefficient (Wildman–Crippen LogP) is 1.23. The second kappa shape index (κ2) is 7.40. The van der Waals surface area contributed by atoms with Gasteiger partial charge in [0.2, 0.25) is 5.91 Å². The number of carbonyl (C=O) groups is 1. The average molecular weight is 409 g/mol. The van der Waals surface area contributed by atoms with Gasteiger partial charge in [-0.05, 0) is 24.3 Å². The molecule has 0 radical (unpaired) electrons. The number of amides is 1. The summed E-state index contributed by atoms with van der Waals surface area (Å²) in [4.78, 5) is 28.6. The molecular formula is C19H15N5O4S. The highest BCUT2D eigenvalue weighted by Gasteiger charge is 2.20. The molecule has 2 heterocycles. The Kier molecular flexibility index (Phi) is 4.77. The Morgan fingerprint density at radius 2 is 1.86 bits per heavy atom. The van der Waals surface area contributed by atoms with Crippen LogP contribution in [0.2, 0.25) is 0 Å². The number of aryl methyl sites for hydroxylation is 1. The first-order valence-electron chi connectivity index (χ1n) is 8.67. The van der Waals surface area contributed by atoms with Gasteiger partial charge in [0, 0.05) is 29.6 Å². The maximum atomic E-state index is 12.7. The monoisotopic (exact) mass is 409 g/mol. The van der Waals surface area contributed by atoms with Crippen LogP contribution in [0.25, 0.3) is 21.7 Å². The molecule has 10 heteroatoms. The molecule has 2 aromatic heterocycles. The van der Waals surface area contributed by atoms with Crippen LogP contribution in [-0.4, -0.2) is 34.3 Å². The summed E-state index contributed by atoms with van der Waals surface area (Å²) in [7, 11) is -4.09. The van der Waals surface area contributed by atoms with E-state index in [4.69, 9.17) is 0 Å². The van der Waals surface area contributed by atoms with Crippen LogP contribution in [0, 0.1) is 0 Å². The predicted molar refractivity (Wildman–Crippen MR) is 105 cm³/mol. The van der Waals surface area contributed by atoms with Crippen LogP contribution < -0.4 is 10.3 Å². The van der Waals surface area contributed by atoms with Gasteiger partial charge in [0.1, 0.15) is 5.52 Å². The first-order chi connectivity index (χ1) is 14.0. The van der Waals surface area contributed by atoms with Gasteiger partial charge >= 0.3 is 0 Å². The van der Waals surface area contributed by atoms with Crippen molar-refractivity contribution in [2.24, 2.45) is 0 Å². The number of carbonyl (C=O) groups excluding carboxylic acids is 1. The molecule has 0 aliphatic rings. The molecule has 0 aliphatic carbocycles.